The van der Waals surface area contributed by atoms with E-state index in [1.54, 1.807) is 0 Å². The maximum absolute atomic E-state index is 13.8. The Morgan fingerprint density at radius 2 is 1.72 bits per heavy atom. The lowest BCUT2D eigenvalue weighted by atomic mass is 9.97. The van der Waals surface area contributed by atoms with E-state index in [-0.39, 0.29) is 17.9 Å². The number of hydrogen-bond donors (Lipinski definition) is 0. The highest BCUT2D eigenvalue weighted by Crippen LogP contribution is 2.38. The van der Waals surface area contributed by atoms with Crippen LogP contribution in [0.4, 0.5) is 5.69 Å². The van der Waals surface area contributed by atoms with E-state index in [0.717, 1.165) is 48.4 Å². The summed E-state index contributed by atoms with van der Waals surface area (Å²) in [6, 6.07) is 13.3. The number of aryl methyl sites for hydroxylation is 1. The van der Waals surface area contributed by atoms with Gasteiger partial charge in [-0.15, -0.1) is 0 Å². The van der Waals surface area contributed by atoms with Crippen molar-refractivity contribution in [2.24, 2.45) is 5.92 Å². The molecule has 2 aromatic carbocycles. The number of piperidine rings is 1. The molecule has 4 rings (SSSR count). The molecule has 32 heavy (non-hydrogen) atoms. The van der Waals surface area contributed by atoms with Crippen LogP contribution in [0, 0.1) is 19.8 Å². The van der Waals surface area contributed by atoms with E-state index in [0.29, 0.717) is 22.9 Å². The van der Waals surface area contributed by atoms with Gasteiger partial charge in [-0.05, 0) is 81.3 Å². The number of imide groups is 1. The third-order valence-electron chi connectivity index (χ3n) is 6.36. The summed E-state index contributed by atoms with van der Waals surface area (Å²) in [4.78, 5) is 31.0. The number of amides is 2. The van der Waals surface area contributed by atoms with Crippen molar-refractivity contribution in [2.45, 2.75) is 53.6 Å². The zero-order chi connectivity index (χ0) is 23.0. The van der Waals surface area contributed by atoms with E-state index >= 15 is 0 Å². The van der Waals surface area contributed by atoms with Crippen molar-refractivity contribution in [2.75, 3.05) is 18.0 Å². The Kier molecular flexibility index (Phi) is 6.09. The third-order valence-corrected chi connectivity index (χ3v) is 6.36. The average Bonchev–Trinajstić information content (AvgIpc) is 3.00. The topological polar surface area (TPSA) is 49.9 Å². The maximum atomic E-state index is 13.8. The second-order valence-electron chi connectivity index (χ2n) is 9.27. The molecule has 0 aromatic heterocycles. The number of hydrogen-bond acceptors (Lipinski definition) is 4. The minimum atomic E-state index is -0.255. The van der Waals surface area contributed by atoms with Gasteiger partial charge >= 0.3 is 0 Å². The number of anilines is 1. The molecule has 0 spiro atoms. The van der Waals surface area contributed by atoms with Crippen molar-refractivity contribution in [1.82, 2.24) is 4.90 Å². The van der Waals surface area contributed by atoms with Crippen molar-refractivity contribution < 1.29 is 14.3 Å². The molecule has 2 aliphatic heterocycles. The van der Waals surface area contributed by atoms with Crippen LogP contribution in [0.5, 0.6) is 5.75 Å². The summed E-state index contributed by atoms with van der Waals surface area (Å²) < 4.78 is 5.77. The summed E-state index contributed by atoms with van der Waals surface area (Å²) in [5, 5.41) is 0. The summed E-state index contributed by atoms with van der Waals surface area (Å²) in [5.74, 6) is 0.752. The van der Waals surface area contributed by atoms with E-state index in [1.807, 2.05) is 70.2 Å². The molecule has 0 radical (unpaired) electrons. The van der Waals surface area contributed by atoms with E-state index in [2.05, 4.69) is 11.8 Å². The van der Waals surface area contributed by atoms with Crippen LogP contribution in [0.25, 0.3) is 5.57 Å². The predicted octanol–water partition coefficient (Wildman–Crippen LogP) is 5.11. The number of nitrogens with zero attached hydrogens (tertiary/aromatic N) is 2. The normalized spacial score (nSPS) is 19.4. The lowest BCUT2D eigenvalue weighted by molar-refractivity contribution is -0.120. The lowest BCUT2D eigenvalue weighted by Gasteiger charge is -2.33. The Balaban J connectivity index is 1.80. The van der Waals surface area contributed by atoms with Gasteiger partial charge in [-0.3, -0.25) is 9.59 Å². The Morgan fingerprint density at radius 1 is 1.00 bits per heavy atom. The molecule has 0 saturated carbocycles. The molecule has 1 fully saturated rings. The van der Waals surface area contributed by atoms with Gasteiger partial charge in [0, 0.05) is 13.1 Å². The van der Waals surface area contributed by atoms with Crippen LogP contribution in [0.1, 0.15) is 50.3 Å². The highest BCUT2D eigenvalue weighted by Gasteiger charge is 2.43. The fraction of sp³-hybridized carbons (Fsp3) is 0.407. The highest BCUT2D eigenvalue weighted by atomic mass is 16.5. The summed E-state index contributed by atoms with van der Waals surface area (Å²) >= 11 is 0. The van der Waals surface area contributed by atoms with Crippen LogP contribution in [0.3, 0.4) is 0 Å². The number of benzene rings is 2. The number of carbonyl (C=O) groups excluding carboxylic acids is 2. The van der Waals surface area contributed by atoms with Crippen molar-refractivity contribution in [3.63, 3.8) is 0 Å². The van der Waals surface area contributed by atoms with E-state index in [4.69, 9.17) is 4.74 Å². The van der Waals surface area contributed by atoms with Gasteiger partial charge in [0.1, 0.15) is 11.4 Å². The second kappa shape index (κ2) is 8.81. The van der Waals surface area contributed by atoms with Crippen LogP contribution in [-0.2, 0) is 9.59 Å². The molecule has 2 heterocycles. The molecule has 2 amide bonds. The Bertz CT molecular complexity index is 1070. The first kappa shape index (κ1) is 22.1. The lowest BCUT2D eigenvalue weighted by Crippen LogP contribution is -2.39. The molecule has 5 nitrogen and oxygen atoms in total. The number of rotatable bonds is 5. The number of carbonyl (C=O) groups is 2. The predicted molar refractivity (Wildman–Crippen MR) is 128 cm³/mol. The molecule has 1 unspecified atom stereocenters. The molecular formula is C27H32N2O3. The first-order valence-corrected chi connectivity index (χ1v) is 11.5. The number of likely N-dealkylation sites (tertiary alicyclic amines) is 1. The first-order chi connectivity index (χ1) is 15.3. The van der Waals surface area contributed by atoms with Gasteiger partial charge in [-0.1, -0.05) is 31.2 Å². The fourth-order valence-corrected chi connectivity index (χ4v) is 4.63. The fourth-order valence-electron chi connectivity index (χ4n) is 4.63. The smallest absolute Gasteiger partial charge is 0.282 e. The first-order valence-electron chi connectivity index (χ1n) is 11.5. The Morgan fingerprint density at radius 3 is 2.38 bits per heavy atom. The van der Waals surface area contributed by atoms with E-state index in [9.17, 15) is 9.59 Å². The standard InChI is InChI=1S/C27H32N2O3/c1-17(2)32-22-13-11-21(12-14-22)24-25(28-15-7-8-18(3)16-28)27(31)29(26(24)30)23-10-6-9-19(4)20(23)5/h6,9-14,17-18H,7-8,15-16H2,1-5H3. The summed E-state index contributed by atoms with van der Waals surface area (Å²) in [6.07, 6.45) is 2.23. The van der Waals surface area contributed by atoms with Crippen LogP contribution in [0.15, 0.2) is 48.2 Å². The largest absolute Gasteiger partial charge is 0.491 e. The van der Waals surface area contributed by atoms with Gasteiger partial charge in [-0.25, -0.2) is 4.90 Å². The molecule has 1 saturated heterocycles. The monoisotopic (exact) mass is 432 g/mol. The summed E-state index contributed by atoms with van der Waals surface area (Å²) in [6.45, 7) is 11.7. The summed E-state index contributed by atoms with van der Waals surface area (Å²) in [7, 11) is 0. The second-order valence-corrected chi connectivity index (χ2v) is 9.27. The maximum Gasteiger partial charge on any atom is 0.282 e. The number of ether oxygens (including phenoxy) is 1. The Labute approximate surface area is 190 Å². The quantitative estimate of drug-likeness (QED) is 0.617. The van der Waals surface area contributed by atoms with Crippen molar-refractivity contribution in [3.8, 4) is 5.75 Å². The molecule has 0 N–H and O–H groups in total. The van der Waals surface area contributed by atoms with Crippen molar-refractivity contribution in [3.05, 3.63) is 64.9 Å². The van der Waals surface area contributed by atoms with Crippen LogP contribution >= 0.6 is 0 Å². The molecule has 2 aliphatic rings. The molecule has 5 heteroatoms. The molecule has 0 bridgehead atoms. The van der Waals surface area contributed by atoms with Crippen LogP contribution < -0.4 is 9.64 Å². The third kappa shape index (κ3) is 4.04. The highest BCUT2D eigenvalue weighted by molar-refractivity contribution is 6.45. The molecular weight excluding hydrogens is 400 g/mol. The average molecular weight is 433 g/mol. The SMILES string of the molecule is Cc1cccc(N2C(=O)C(c3ccc(OC(C)C)cc3)=C(N3CCCC(C)C3)C2=O)c1C. The van der Waals surface area contributed by atoms with E-state index in [1.165, 1.54) is 4.90 Å². The zero-order valence-corrected chi connectivity index (χ0v) is 19.6. The minimum absolute atomic E-state index is 0.0694. The van der Waals surface area contributed by atoms with Gasteiger partial charge in [0.2, 0.25) is 0 Å². The molecule has 0 aliphatic carbocycles. The van der Waals surface area contributed by atoms with E-state index < -0.39 is 0 Å². The summed E-state index contributed by atoms with van der Waals surface area (Å²) in [5.41, 5.74) is 4.43. The van der Waals surface area contributed by atoms with Crippen LogP contribution in [-0.4, -0.2) is 35.9 Å². The Hall–Kier alpha value is -3.08. The van der Waals surface area contributed by atoms with Crippen molar-refractivity contribution >= 4 is 23.1 Å². The molecule has 1 atom stereocenters. The van der Waals surface area contributed by atoms with Gasteiger partial charge in [0.15, 0.2) is 0 Å². The van der Waals surface area contributed by atoms with Crippen LogP contribution in [0.2, 0.25) is 0 Å². The van der Waals surface area contributed by atoms with Gasteiger partial charge in [0.25, 0.3) is 11.8 Å². The van der Waals surface area contributed by atoms with Gasteiger partial charge < -0.3 is 9.64 Å². The molecule has 2 aromatic rings. The van der Waals surface area contributed by atoms with Gasteiger partial charge in [-0.2, -0.15) is 0 Å². The zero-order valence-electron chi connectivity index (χ0n) is 19.6. The molecule has 168 valence electrons. The minimum Gasteiger partial charge on any atom is -0.491 e. The van der Waals surface area contributed by atoms with Crippen molar-refractivity contribution in [1.29, 1.82) is 0 Å². The van der Waals surface area contributed by atoms with Gasteiger partial charge in [0.05, 0.1) is 17.4 Å².